The lowest BCUT2D eigenvalue weighted by Crippen LogP contribution is -2.21. The first-order valence-corrected chi connectivity index (χ1v) is 6.79. The summed E-state index contributed by atoms with van der Waals surface area (Å²) in [6.45, 7) is 3.51. The largest absolute Gasteiger partial charge is 0.507 e. The molecule has 0 heterocycles. The number of rotatable bonds is 4. The third-order valence-corrected chi connectivity index (χ3v) is 3.25. The van der Waals surface area contributed by atoms with E-state index in [1.165, 1.54) is 12.1 Å². The van der Waals surface area contributed by atoms with Crippen molar-refractivity contribution >= 4 is 17.6 Å². The molecule has 2 rings (SSSR count). The zero-order valence-electron chi connectivity index (χ0n) is 12.4. The van der Waals surface area contributed by atoms with E-state index in [4.69, 9.17) is 4.74 Å². The molecule has 0 bridgehead atoms. The number of nitrogens with one attached hydrogen (secondary N) is 1. The Morgan fingerprint density at radius 2 is 1.82 bits per heavy atom. The Balaban J connectivity index is 1.91. The van der Waals surface area contributed by atoms with Crippen LogP contribution < -0.4 is 5.32 Å². The molecule has 2 aromatic carbocycles. The van der Waals surface area contributed by atoms with Gasteiger partial charge in [-0.25, -0.2) is 4.79 Å². The lowest BCUT2D eigenvalue weighted by atomic mass is 10.1. The minimum atomic E-state index is -0.742. The highest BCUT2D eigenvalue weighted by molar-refractivity contribution is 5.96. The second-order valence-electron chi connectivity index (χ2n) is 4.94. The fourth-order valence-electron chi connectivity index (χ4n) is 1.87. The highest BCUT2D eigenvalue weighted by Gasteiger charge is 2.13. The Morgan fingerprint density at radius 1 is 1.09 bits per heavy atom. The summed E-state index contributed by atoms with van der Waals surface area (Å²) >= 11 is 0. The first kappa shape index (κ1) is 15.6. The third kappa shape index (κ3) is 3.85. The van der Waals surface area contributed by atoms with Crippen LogP contribution in [0.1, 0.15) is 21.5 Å². The van der Waals surface area contributed by atoms with Gasteiger partial charge in [-0.3, -0.25) is 4.79 Å². The van der Waals surface area contributed by atoms with Crippen LogP contribution in [0.25, 0.3) is 0 Å². The van der Waals surface area contributed by atoms with E-state index < -0.39 is 18.5 Å². The monoisotopic (exact) mass is 299 g/mol. The smallest absolute Gasteiger partial charge is 0.342 e. The Bertz CT molecular complexity index is 710. The predicted molar refractivity (Wildman–Crippen MR) is 82.9 cm³/mol. The lowest BCUT2D eigenvalue weighted by molar-refractivity contribution is -0.119. The summed E-state index contributed by atoms with van der Waals surface area (Å²) in [4.78, 5) is 23.5. The third-order valence-electron chi connectivity index (χ3n) is 3.25. The van der Waals surface area contributed by atoms with Crippen LogP contribution in [0.5, 0.6) is 5.75 Å². The molecule has 0 saturated carbocycles. The normalized spacial score (nSPS) is 10.1. The molecular formula is C17H17NO4. The molecule has 0 unspecified atom stereocenters. The Morgan fingerprint density at radius 3 is 2.50 bits per heavy atom. The van der Waals surface area contributed by atoms with Crippen molar-refractivity contribution in [2.75, 3.05) is 11.9 Å². The van der Waals surface area contributed by atoms with Crippen LogP contribution in [0.4, 0.5) is 5.69 Å². The summed E-state index contributed by atoms with van der Waals surface area (Å²) in [7, 11) is 0. The van der Waals surface area contributed by atoms with E-state index in [1.54, 1.807) is 18.2 Å². The highest BCUT2D eigenvalue weighted by Crippen LogP contribution is 2.17. The van der Waals surface area contributed by atoms with E-state index in [2.05, 4.69) is 5.32 Å². The number of phenolic OH excluding ortho intramolecular Hbond substituents is 1. The summed E-state index contributed by atoms with van der Waals surface area (Å²) in [5.74, 6) is -1.36. The fourth-order valence-corrected chi connectivity index (χ4v) is 1.87. The molecule has 0 saturated heterocycles. The van der Waals surface area contributed by atoms with Crippen molar-refractivity contribution in [2.24, 2.45) is 0 Å². The Labute approximate surface area is 128 Å². The second kappa shape index (κ2) is 6.76. The molecule has 0 aliphatic heterocycles. The number of anilines is 1. The molecule has 0 radical (unpaired) electrons. The van der Waals surface area contributed by atoms with Crippen LogP contribution in [0.2, 0.25) is 0 Å². The molecule has 5 nitrogen and oxygen atoms in total. The minimum Gasteiger partial charge on any atom is -0.507 e. The van der Waals surface area contributed by atoms with Crippen molar-refractivity contribution in [2.45, 2.75) is 13.8 Å². The van der Waals surface area contributed by atoms with E-state index in [9.17, 15) is 14.7 Å². The number of phenols is 1. The van der Waals surface area contributed by atoms with Crippen LogP contribution in [0.15, 0.2) is 42.5 Å². The summed E-state index contributed by atoms with van der Waals surface area (Å²) in [6.07, 6.45) is 0. The van der Waals surface area contributed by atoms with Gasteiger partial charge in [0.05, 0.1) is 0 Å². The van der Waals surface area contributed by atoms with E-state index >= 15 is 0 Å². The number of aromatic hydroxyl groups is 1. The predicted octanol–water partition coefficient (Wildman–Crippen LogP) is 2.80. The van der Waals surface area contributed by atoms with Gasteiger partial charge in [-0.05, 0) is 49.2 Å². The Kier molecular flexibility index (Phi) is 4.78. The van der Waals surface area contributed by atoms with Crippen molar-refractivity contribution in [1.29, 1.82) is 0 Å². The van der Waals surface area contributed by atoms with Crippen LogP contribution in [-0.2, 0) is 9.53 Å². The van der Waals surface area contributed by atoms with E-state index in [0.29, 0.717) is 5.69 Å². The number of hydrogen-bond donors (Lipinski definition) is 2. The van der Waals surface area contributed by atoms with Crippen molar-refractivity contribution in [3.63, 3.8) is 0 Å². The van der Waals surface area contributed by atoms with Crippen molar-refractivity contribution in [1.82, 2.24) is 0 Å². The summed E-state index contributed by atoms with van der Waals surface area (Å²) < 4.78 is 4.89. The SMILES string of the molecule is Cc1ccc(NC(=O)COC(=O)c2ccccc2O)cc1C. The molecule has 0 spiro atoms. The topological polar surface area (TPSA) is 75.6 Å². The minimum absolute atomic E-state index is 0.0291. The maximum atomic E-state index is 11.8. The van der Waals surface area contributed by atoms with Crippen LogP contribution >= 0.6 is 0 Å². The summed E-state index contributed by atoms with van der Waals surface area (Å²) in [5, 5.41) is 12.2. The van der Waals surface area contributed by atoms with Gasteiger partial charge in [0.1, 0.15) is 11.3 Å². The van der Waals surface area contributed by atoms with E-state index in [-0.39, 0.29) is 11.3 Å². The van der Waals surface area contributed by atoms with Gasteiger partial charge in [0.15, 0.2) is 6.61 Å². The quantitative estimate of drug-likeness (QED) is 0.851. The average molecular weight is 299 g/mol. The van der Waals surface area contributed by atoms with Crippen molar-refractivity contribution in [3.8, 4) is 5.75 Å². The first-order chi connectivity index (χ1) is 10.5. The molecule has 0 aliphatic carbocycles. The Hall–Kier alpha value is -2.82. The molecule has 5 heteroatoms. The number of amides is 1. The number of esters is 1. The molecule has 0 fully saturated rings. The first-order valence-electron chi connectivity index (χ1n) is 6.79. The number of carbonyl (C=O) groups excluding carboxylic acids is 2. The summed E-state index contributed by atoms with van der Waals surface area (Å²) in [6, 6.07) is 11.5. The van der Waals surface area contributed by atoms with Crippen LogP contribution in [0, 0.1) is 13.8 Å². The van der Waals surface area contributed by atoms with Crippen LogP contribution in [0.3, 0.4) is 0 Å². The zero-order valence-corrected chi connectivity index (χ0v) is 12.4. The maximum Gasteiger partial charge on any atom is 0.342 e. The number of aryl methyl sites for hydroxylation is 2. The van der Waals surface area contributed by atoms with Crippen LogP contribution in [-0.4, -0.2) is 23.6 Å². The zero-order chi connectivity index (χ0) is 16.1. The highest BCUT2D eigenvalue weighted by atomic mass is 16.5. The lowest BCUT2D eigenvalue weighted by Gasteiger charge is -2.09. The molecule has 2 aromatic rings. The van der Waals surface area contributed by atoms with Gasteiger partial charge in [-0.1, -0.05) is 18.2 Å². The molecule has 2 N–H and O–H groups in total. The van der Waals surface area contributed by atoms with E-state index in [1.807, 2.05) is 26.0 Å². The fraction of sp³-hybridized carbons (Fsp3) is 0.176. The molecule has 0 aliphatic rings. The van der Waals surface area contributed by atoms with Gasteiger partial charge < -0.3 is 15.2 Å². The second-order valence-corrected chi connectivity index (χ2v) is 4.94. The maximum absolute atomic E-state index is 11.8. The van der Waals surface area contributed by atoms with Crippen molar-refractivity contribution < 1.29 is 19.4 Å². The van der Waals surface area contributed by atoms with Gasteiger partial charge in [-0.2, -0.15) is 0 Å². The van der Waals surface area contributed by atoms with Gasteiger partial charge in [0, 0.05) is 5.69 Å². The molecule has 1 amide bonds. The average Bonchev–Trinajstić information content (AvgIpc) is 2.49. The van der Waals surface area contributed by atoms with E-state index in [0.717, 1.165) is 11.1 Å². The molecular weight excluding hydrogens is 282 g/mol. The standard InChI is InChI=1S/C17H17NO4/c1-11-7-8-13(9-12(11)2)18-16(20)10-22-17(21)14-5-3-4-6-15(14)19/h3-9,19H,10H2,1-2H3,(H,18,20). The van der Waals surface area contributed by atoms with Gasteiger partial charge >= 0.3 is 5.97 Å². The molecule has 22 heavy (non-hydrogen) atoms. The van der Waals surface area contributed by atoms with Gasteiger partial charge in [0.2, 0.25) is 0 Å². The number of benzene rings is 2. The van der Waals surface area contributed by atoms with Gasteiger partial charge in [0.25, 0.3) is 5.91 Å². The summed E-state index contributed by atoms with van der Waals surface area (Å²) in [5.41, 5.74) is 2.86. The molecule has 0 atom stereocenters. The number of para-hydroxylation sites is 1. The molecule has 114 valence electrons. The number of ether oxygens (including phenoxy) is 1. The number of hydrogen-bond acceptors (Lipinski definition) is 4. The van der Waals surface area contributed by atoms with Crippen molar-refractivity contribution in [3.05, 3.63) is 59.2 Å². The molecule has 0 aromatic heterocycles. The van der Waals surface area contributed by atoms with Gasteiger partial charge in [-0.15, -0.1) is 0 Å². The number of carbonyl (C=O) groups is 2.